The number of aliphatic hydroxyl groups excluding tert-OH is 1. The number of carbonyl (C=O) groups excluding carboxylic acids is 2. The second-order valence-electron chi connectivity index (χ2n) is 7.59. The number of fused-ring (bicyclic) bond motifs is 1. The highest BCUT2D eigenvalue weighted by atomic mass is 35.5. The number of alkyl carbamates (subject to hydrolysis) is 1. The van der Waals surface area contributed by atoms with Crippen molar-refractivity contribution >= 4 is 41.3 Å². The number of amidine groups is 1. The standard InChI is InChI=1S/C20H27ClN4O4/c1-5-8-25(9-10-26)18(27)14-11-13-6-7-15(21)22-17(13)23-16(12-14)24-19(28)29-20(2,3)4/h6-7,11,26H,5,8-10,12H2,1-4H3,(H,22,23,24,28). The Labute approximate surface area is 175 Å². The zero-order valence-corrected chi connectivity index (χ0v) is 17.9. The molecule has 0 atom stereocenters. The van der Waals surface area contributed by atoms with Crippen molar-refractivity contribution in [1.82, 2.24) is 15.2 Å². The first-order valence-electron chi connectivity index (χ1n) is 9.47. The van der Waals surface area contributed by atoms with E-state index in [1.807, 2.05) is 6.92 Å². The third kappa shape index (κ3) is 6.83. The van der Waals surface area contributed by atoms with Crippen LogP contribution in [0.5, 0.6) is 0 Å². The van der Waals surface area contributed by atoms with Gasteiger partial charge in [-0.05, 0) is 45.4 Å². The molecule has 0 aliphatic carbocycles. The maximum absolute atomic E-state index is 13.1. The first-order valence-corrected chi connectivity index (χ1v) is 9.85. The summed E-state index contributed by atoms with van der Waals surface area (Å²) in [5.74, 6) is 0.297. The Kier molecular flexibility index (Phi) is 7.75. The fourth-order valence-corrected chi connectivity index (χ4v) is 2.91. The second kappa shape index (κ2) is 9.84. The van der Waals surface area contributed by atoms with Gasteiger partial charge in [0.1, 0.15) is 16.6 Å². The molecule has 9 heteroatoms. The zero-order valence-electron chi connectivity index (χ0n) is 17.2. The fraction of sp³-hybridized carbons (Fsp3) is 0.500. The lowest BCUT2D eigenvalue weighted by molar-refractivity contribution is -0.127. The van der Waals surface area contributed by atoms with Crippen molar-refractivity contribution in [2.75, 3.05) is 19.7 Å². The van der Waals surface area contributed by atoms with Gasteiger partial charge in [-0.2, -0.15) is 0 Å². The van der Waals surface area contributed by atoms with E-state index in [2.05, 4.69) is 15.3 Å². The van der Waals surface area contributed by atoms with Crippen LogP contribution in [0, 0.1) is 0 Å². The van der Waals surface area contributed by atoms with Crippen LogP contribution in [0.25, 0.3) is 6.08 Å². The van der Waals surface area contributed by atoms with Crippen LogP contribution < -0.4 is 5.32 Å². The summed E-state index contributed by atoms with van der Waals surface area (Å²) in [7, 11) is 0. The summed E-state index contributed by atoms with van der Waals surface area (Å²) in [6.07, 6.45) is 1.85. The molecule has 0 radical (unpaired) electrons. The van der Waals surface area contributed by atoms with E-state index in [-0.39, 0.29) is 36.5 Å². The van der Waals surface area contributed by atoms with Crippen LogP contribution in [0.2, 0.25) is 5.15 Å². The van der Waals surface area contributed by atoms with Crippen molar-refractivity contribution in [3.8, 4) is 0 Å². The van der Waals surface area contributed by atoms with Gasteiger partial charge in [-0.15, -0.1) is 0 Å². The third-order valence-corrected chi connectivity index (χ3v) is 4.08. The third-order valence-electron chi connectivity index (χ3n) is 3.87. The van der Waals surface area contributed by atoms with Crippen LogP contribution >= 0.6 is 11.6 Å². The molecule has 2 amide bonds. The maximum Gasteiger partial charge on any atom is 0.413 e. The van der Waals surface area contributed by atoms with Crippen LogP contribution in [-0.4, -0.2) is 58.1 Å². The number of nitrogens with zero attached hydrogens (tertiary/aromatic N) is 3. The highest BCUT2D eigenvalue weighted by Gasteiger charge is 2.24. The summed E-state index contributed by atoms with van der Waals surface area (Å²) >= 11 is 5.99. The molecule has 0 bridgehead atoms. The van der Waals surface area contributed by atoms with E-state index >= 15 is 0 Å². The van der Waals surface area contributed by atoms with Gasteiger partial charge in [0.05, 0.1) is 6.61 Å². The molecule has 8 nitrogen and oxygen atoms in total. The number of amides is 2. The van der Waals surface area contributed by atoms with Crippen molar-refractivity contribution in [2.24, 2.45) is 4.99 Å². The quantitative estimate of drug-likeness (QED) is 0.708. The maximum atomic E-state index is 13.1. The van der Waals surface area contributed by atoms with E-state index in [1.54, 1.807) is 43.9 Å². The number of aliphatic imine (C=N–C) groups is 1. The Morgan fingerprint density at radius 3 is 2.66 bits per heavy atom. The van der Waals surface area contributed by atoms with Gasteiger partial charge < -0.3 is 14.7 Å². The highest BCUT2D eigenvalue weighted by Crippen LogP contribution is 2.27. The Morgan fingerprint density at radius 1 is 1.31 bits per heavy atom. The lowest BCUT2D eigenvalue weighted by Crippen LogP contribution is -2.39. The normalized spacial score (nSPS) is 13.6. The number of halogens is 1. The van der Waals surface area contributed by atoms with Gasteiger partial charge >= 0.3 is 6.09 Å². The number of carbonyl (C=O) groups is 2. The Balaban J connectivity index is 2.38. The zero-order chi connectivity index (χ0) is 21.6. The number of aliphatic hydroxyl groups is 1. The van der Waals surface area contributed by atoms with Crippen LogP contribution in [0.3, 0.4) is 0 Å². The van der Waals surface area contributed by atoms with E-state index in [0.29, 0.717) is 23.5 Å². The average molecular weight is 423 g/mol. The van der Waals surface area contributed by atoms with Crippen molar-refractivity contribution in [3.05, 3.63) is 28.4 Å². The smallest absolute Gasteiger partial charge is 0.413 e. The molecule has 158 valence electrons. The first kappa shape index (κ1) is 22.8. The molecule has 2 rings (SSSR count). The minimum Gasteiger partial charge on any atom is -0.444 e. The molecule has 1 aliphatic heterocycles. The summed E-state index contributed by atoms with van der Waals surface area (Å²) in [6, 6.07) is 3.33. The van der Waals surface area contributed by atoms with Crippen LogP contribution in [0.4, 0.5) is 10.6 Å². The number of ether oxygens (including phenoxy) is 1. The van der Waals surface area contributed by atoms with E-state index in [9.17, 15) is 14.7 Å². The Bertz CT molecular complexity index is 824. The van der Waals surface area contributed by atoms with Gasteiger partial charge in [0.25, 0.3) is 0 Å². The first-order chi connectivity index (χ1) is 13.6. The number of rotatable bonds is 5. The van der Waals surface area contributed by atoms with E-state index in [1.165, 1.54) is 0 Å². The summed E-state index contributed by atoms with van der Waals surface area (Å²) in [4.78, 5) is 35.5. The van der Waals surface area contributed by atoms with Crippen molar-refractivity contribution in [1.29, 1.82) is 0 Å². The average Bonchev–Trinajstić information content (AvgIpc) is 2.77. The molecule has 0 aromatic carbocycles. The number of pyridine rings is 1. The van der Waals surface area contributed by atoms with Gasteiger partial charge in [0, 0.05) is 30.6 Å². The molecule has 0 fully saturated rings. The van der Waals surface area contributed by atoms with E-state index in [4.69, 9.17) is 16.3 Å². The molecule has 0 saturated carbocycles. The molecule has 1 aromatic rings. The predicted octanol–water partition coefficient (Wildman–Crippen LogP) is 3.31. The van der Waals surface area contributed by atoms with E-state index in [0.717, 1.165) is 6.42 Å². The van der Waals surface area contributed by atoms with E-state index < -0.39 is 11.7 Å². The Hall–Kier alpha value is -2.45. The Morgan fingerprint density at radius 2 is 2.03 bits per heavy atom. The van der Waals surface area contributed by atoms with Crippen LogP contribution in [-0.2, 0) is 9.53 Å². The number of nitrogens with one attached hydrogen (secondary N) is 1. The SMILES string of the molecule is CCCN(CCO)C(=O)C1=Cc2ccc(Cl)nc2N=C(NC(=O)OC(C)(C)C)C1. The summed E-state index contributed by atoms with van der Waals surface area (Å²) in [6.45, 7) is 7.82. The number of aromatic nitrogens is 1. The lowest BCUT2D eigenvalue weighted by atomic mass is 10.1. The lowest BCUT2D eigenvalue weighted by Gasteiger charge is -2.23. The molecule has 1 aromatic heterocycles. The van der Waals surface area contributed by atoms with Crippen molar-refractivity contribution in [3.63, 3.8) is 0 Å². The topological polar surface area (TPSA) is 104 Å². The molecule has 29 heavy (non-hydrogen) atoms. The summed E-state index contributed by atoms with van der Waals surface area (Å²) in [5.41, 5.74) is 0.353. The summed E-state index contributed by atoms with van der Waals surface area (Å²) < 4.78 is 5.29. The molecule has 2 heterocycles. The molecule has 0 saturated heterocycles. The molecule has 1 aliphatic rings. The molecule has 2 N–H and O–H groups in total. The number of hydrogen-bond donors (Lipinski definition) is 2. The highest BCUT2D eigenvalue weighted by molar-refractivity contribution is 6.29. The van der Waals surface area contributed by atoms with Gasteiger partial charge in [-0.1, -0.05) is 18.5 Å². The predicted molar refractivity (Wildman–Crippen MR) is 112 cm³/mol. The van der Waals surface area contributed by atoms with Gasteiger partial charge in [0.15, 0.2) is 5.82 Å². The van der Waals surface area contributed by atoms with Gasteiger partial charge in [-0.3, -0.25) is 10.1 Å². The summed E-state index contributed by atoms with van der Waals surface area (Å²) in [5, 5.41) is 12.2. The molecule has 0 spiro atoms. The molecular formula is C20H27ClN4O4. The van der Waals surface area contributed by atoms with Crippen molar-refractivity contribution < 1.29 is 19.4 Å². The molecule has 0 unspecified atom stereocenters. The second-order valence-corrected chi connectivity index (χ2v) is 7.98. The fourth-order valence-electron chi connectivity index (χ4n) is 2.76. The van der Waals surface area contributed by atoms with Gasteiger partial charge in [-0.25, -0.2) is 14.8 Å². The largest absolute Gasteiger partial charge is 0.444 e. The minimum atomic E-state index is -0.678. The molecular weight excluding hydrogens is 396 g/mol. The number of hydrogen-bond acceptors (Lipinski definition) is 6. The monoisotopic (exact) mass is 422 g/mol. The minimum absolute atomic E-state index is 0.0810. The van der Waals surface area contributed by atoms with Gasteiger partial charge in [0.2, 0.25) is 5.91 Å². The van der Waals surface area contributed by atoms with Crippen LogP contribution in [0.15, 0.2) is 22.7 Å². The van der Waals surface area contributed by atoms with Crippen LogP contribution in [0.1, 0.15) is 46.1 Å². The van der Waals surface area contributed by atoms with Crippen molar-refractivity contribution in [2.45, 2.75) is 46.1 Å².